The Bertz CT molecular complexity index is 525. The molecule has 0 heterocycles. The highest BCUT2D eigenvalue weighted by atomic mass is 32.1. The summed E-state index contributed by atoms with van der Waals surface area (Å²) < 4.78 is 0. The first kappa shape index (κ1) is 14.8. The molecule has 0 aromatic heterocycles. The molecular formula is C15H20N2O2S. The van der Waals surface area contributed by atoms with Crippen LogP contribution in [0.5, 0.6) is 5.75 Å². The Morgan fingerprint density at radius 3 is 2.70 bits per heavy atom. The Hall–Kier alpha value is -1.62. The van der Waals surface area contributed by atoms with E-state index in [4.69, 9.17) is 18.0 Å². The number of nitrogens with two attached hydrogens (primary N) is 1. The lowest BCUT2D eigenvalue weighted by Gasteiger charge is -2.29. The van der Waals surface area contributed by atoms with Crippen LogP contribution in [-0.4, -0.2) is 33.5 Å². The molecule has 0 spiro atoms. The molecule has 1 aliphatic rings. The molecule has 1 amide bonds. The molecule has 3 N–H and O–H groups in total. The molecule has 5 heteroatoms. The van der Waals surface area contributed by atoms with Gasteiger partial charge in [0.05, 0.1) is 11.5 Å². The molecule has 2 rings (SSSR count). The quantitative estimate of drug-likeness (QED) is 0.836. The first-order valence-electron chi connectivity index (χ1n) is 6.88. The summed E-state index contributed by atoms with van der Waals surface area (Å²) in [5.41, 5.74) is 6.75. The highest BCUT2D eigenvalue weighted by Gasteiger charge is 2.28. The van der Waals surface area contributed by atoms with E-state index in [-0.39, 0.29) is 17.7 Å². The Kier molecular flexibility index (Phi) is 4.60. The largest absolute Gasteiger partial charge is 0.508 e. The van der Waals surface area contributed by atoms with Crippen LogP contribution < -0.4 is 5.73 Å². The average molecular weight is 292 g/mol. The van der Waals surface area contributed by atoms with Gasteiger partial charge in [0.1, 0.15) is 5.75 Å². The molecule has 0 aliphatic heterocycles. The van der Waals surface area contributed by atoms with E-state index in [1.54, 1.807) is 30.0 Å². The molecule has 0 radical (unpaired) electrons. The third kappa shape index (κ3) is 3.10. The lowest BCUT2D eigenvalue weighted by atomic mass is 10.0. The number of nitrogens with zero attached hydrogens (tertiary/aromatic N) is 1. The van der Waals surface area contributed by atoms with Crippen molar-refractivity contribution >= 4 is 23.1 Å². The van der Waals surface area contributed by atoms with Gasteiger partial charge in [0.2, 0.25) is 0 Å². The van der Waals surface area contributed by atoms with E-state index in [0.717, 1.165) is 25.7 Å². The number of carbonyl (C=O) groups excluding carboxylic acids is 1. The molecule has 1 aromatic rings. The second-order valence-corrected chi connectivity index (χ2v) is 5.81. The molecule has 4 nitrogen and oxygen atoms in total. The number of benzene rings is 1. The molecule has 20 heavy (non-hydrogen) atoms. The smallest absolute Gasteiger partial charge is 0.254 e. The van der Waals surface area contributed by atoms with Gasteiger partial charge in [-0.3, -0.25) is 4.79 Å². The maximum absolute atomic E-state index is 12.7. The molecule has 1 aliphatic carbocycles. The third-order valence-electron chi connectivity index (χ3n) is 3.89. The summed E-state index contributed by atoms with van der Waals surface area (Å²) in [4.78, 5) is 14.8. The van der Waals surface area contributed by atoms with Crippen LogP contribution in [0.2, 0.25) is 0 Å². The van der Waals surface area contributed by atoms with E-state index in [9.17, 15) is 9.90 Å². The number of hydrogen-bond acceptors (Lipinski definition) is 3. The summed E-state index contributed by atoms with van der Waals surface area (Å²) in [7, 11) is 0. The monoisotopic (exact) mass is 292 g/mol. The van der Waals surface area contributed by atoms with Crippen molar-refractivity contribution in [3.8, 4) is 5.75 Å². The van der Waals surface area contributed by atoms with Crippen molar-refractivity contribution in [1.29, 1.82) is 0 Å². The molecular weight excluding hydrogens is 272 g/mol. The van der Waals surface area contributed by atoms with Gasteiger partial charge in [-0.2, -0.15) is 0 Å². The zero-order chi connectivity index (χ0) is 14.7. The topological polar surface area (TPSA) is 66.6 Å². The maximum atomic E-state index is 12.7. The number of phenolic OH excluding ortho intramolecular Hbond substituents is 1. The van der Waals surface area contributed by atoms with Crippen LogP contribution in [0.1, 0.15) is 41.6 Å². The van der Waals surface area contributed by atoms with Crippen LogP contribution in [-0.2, 0) is 0 Å². The van der Waals surface area contributed by atoms with Gasteiger partial charge < -0.3 is 15.7 Å². The van der Waals surface area contributed by atoms with Crippen LogP contribution in [0.4, 0.5) is 0 Å². The van der Waals surface area contributed by atoms with Crippen LogP contribution in [0, 0.1) is 6.92 Å². The molecule has 0 unspecified atom stereocenters. The predicted octanol–water partition coefficient (Wildman–Crippen LogP) is 2.37. The standard InChI is InChI=1S/C15H20N2O2S/c1-10-12(7-4-8-13(10)18)15(19)17(9-14(16)20)11-5-2-3-6-11/h4,7-8,11,18H,2-3,5-6,9H2,1H3,(H2,16,20). The average Bonchev–Trinajstić information content (AvgIpc) is 2.92. The van der Waals surface area contributed by atoms with Crippen molar-refractivity contribution in [2.45, 2.75) is 38.6 Å². The highest BCUT2D eigenvalue weighted by molar-refractivity contribution is 7.80. The van der Waals surface area contributed by atoms with E-state index in [1.807, 2.05) is 0 Å². The minimum atomic E-state index is -0.0990. The number of amides is 1. The summed E-state index contributed by atoms with van der Waals surface area (Å²) >= 11 is 4.97. The number of carbonyl (C=O) groups is 1. The van der Waals surface area contributed by atoms with Gasteiger partial charge in [-0.15, -0.1) is 0 Å². The SMILES string of the molecule is Cc1c(O)cccc1C(=O)N(CC(N)=S)C1CCCC1. The van der Waals surface area contributed by atoms with E-state index in [1.165, 1.54) is 0 Å². The van der Waals surface area contributed by atoms with Crippen molar-refractivity contribution < 1.29 is 9.90 Å². The fourth-order valence-electron chi connectivity index (χ4n) is 2.76. The molecule has 0 bridgehead atoms. The van der Waals surface area contributed by atoms with Gasteiger partial charge in [0, 0.05) is 17.2 Å². The number of rotatable bonds is 4. The summed E-state index contributed by atoms with van der Waals surface area (Å²) in [5, 5.41) is 9.76. The van der Waals surface area contributed by atoms with Crippen LogP contribution in [0.3, 0.4) is 0 Å². The zero-order valence-electron chi connectivity index (χ0n) is 11.6. The normalized spacial score (nSPS) is 15.2. The zero-order valence-corrected chi connectivity index (χ0v) is 12.4. The fourth-order valence-corrected chi connectivity index (χ4v) is 2.90. The van der Waals surface area contributed by atoms with E-state index in [0.29, 0.717) is 22.7 Å². The van der Waals surface area contributed by atoms with Gasteiger partial charge in [0.15, 0.2) is 0 Å². The molecule has 1 fully saturated rings. The Balaban J connectivity index is 2.29. The van der Waals surface area contributed by atoms with Crippen molar-refractivity contribution in [2.24, 2.45) is 5.73 Å². The van der Waals surface area contributed by atoms with Gasteiger partial charge in [-0.1, -0.05) is 31.1 Å². The van der Waals surface area contributed by atoms with Crippen molar-refractivity contribution in [1.82, 2.24) is 4.90 Å². The van der Waals surface area contributed by atoms with Gasteiger partial charge in [-0.25, -0.2) is 0 Å². The second-order valence-electron chi connectivity index (χ2n) is 5.29. The van der Waals surface area contributed by atoms with Gasteiger partial charge in [-0.05, 0) is 31.9 Å². The van der Waals surface area contributed by atoms with Crippen molar-refractivity contribution in [2.75, 3.05) is 6.54 Å². The minimum Gasteiger partial charge on any atom is -0.508 e. The van der Waals surface area contributed by atoms with Gasteiger partial charge >= 0.3 is 0 Å². The Labute approximate surface area is 124 Å². The summed E-state index contributed by atoms with van der Waals surface area (Å²) in [6.07, 6.45) is 4.24. The summed E-state index contributed by atoms with van der Waals surface area (Å²) in [6.45, 7) is 2.05. The van der Waals surface area contributed by atoms with E-state index < -0.39 is 0 Å². The van der Waals surface area contributed by atoms with Crippen LogP contribution in [0.15, 0.2) is 18.2 Å². The van der Waals surface area contributed by atoms with Crippen molar-refractivity contribution in [3.63, 3.8) is 0 Å². The van der Waals surface area contributed by atoms with Crippen molar-refractivity contribution in [3.05, 3.63) is 29.3 Å². The Morgan fingerprint density at radius 2 is 2.10 bits per heavy atom. The van der Waals surface area contributed by atoms with Crippen LogP contribution in [0.25, 0.3) is 0 Å². The molecule has 108 valence electrons. The minimum absolute atomic E-state index is 0.0990. The van der Waals surface area contributed by atoms with Gasteiger partial charge in [0.25, 0.3) is 5.91 Å². The molecule has 1 aromatic carbocycles. The molecule has 0 atom stereocenters. The van der Waals surface area contributed by atoms with E-state index >= 15 is 0 Å². The molecule has 0 saturated heterocycles. The fraction of sp³-hybridized carbons (Fsp3) is 0.467. The molecule has 1 saturated carbocycles. The third-order valence-corrected chi connectivity index (χ3v) is 4.02. The second kappa shape index (κ2) is 6.22. The number of hydrogen-bond donors (Lipinski definition) is 2. The Morgan fingerprint density at radius 1 is 1.45 bits per heavy atom. The number of phenols is 1. The predicted molar refractivity (Wildman–Crippen MR) is 82.9 cm³/mol. The first-order valence-corrected chi connectivity index (χ1v) is 7.29. The highest BCUT2D eigenvalue weighted by Crippen LogP contribution is 2.27. The number of aromatic hydroxyl groups is 1. The summed E-state index contributed by atoms with van der Waals surface area (Å²) in [5.74, 6) is 0.0376. The summed E-state index contributed by atoms with van der Waals surface area (Å²) in [6, 6.07) is 5.20. The van der Waals surface area contributed by atoms with Crippen LogP contribution >= 0.6 is 12.2 Å². The number of thiocarbonyl (C=S) groups is 1. The lowest BCUT2D eigenvalue weighted by molar-refractivity contribution is 0.0713. The first-order chi connectivity index (χ1) is 9.50. The lowest BCUT2D eigenvalue weighted by Crippen LogP contribution is -2.43. The maximum Gasteiger partial charge on any atom is 0.254 e. The van der Waals surface area contributed by atoms with E-state index in [2.05, 4.69) is 0 Å².